The van der Waals surface area contributed by atoms with Crippen LogP contribution in [0.5, 0.6) is 0 Å². The van der Waals surface area contributed by atoms with Crippen LogP contribution in [0, 0.1) is 0 Å². The zero-order valence-corrected chi connectivity index (χ0v) is 55.0. The molecule has 0 N–H and O–H groups in total. The van der Waals surface area contributed by atoms with E-state index in [1.165, 1.54) is 158 Å². The highest BCUT2D eigenvalue weighted by molar-refractivity contribution is 5.93. The van der Waals surface area contributed by atoms with Crippen molar-refractivity contribution in [2.45, 2.75) is 120 Å². The third kappa shape index (κ3) is 19.3. The molecule has 3 saturated heterocycles. The molecule has 7 aromatic rings. The quantitative estimate of drug-likeness (QED) is 0.0389. The number of carbonyl (C=O) groups is 11. The maximum absolute atomic E-state index is 15.2. The van der Waals surface area contributed by atoms with Gasteiger partial charge in [0, 0.05) is 27.7 Å². The highest BCUT2D eigenvalue weighted by Gasteiger charge is 2.61. The van der Waals surface area contributed by atoms with E-state index in [0.29, 0.717) is 0 Å². The fourth-order valence-corrected chi connectivity index (χ4v) is 11.1. The van der Waals surface area contributed by atoms with Gasteiger partial charge < -0.3 is 75.8 Å². The number of ether oxygens (including phenoxy) is 16. The second kappa shape index (κ2) is 35.0. The Hall–Kier alpha value is -11.5. The number of rotatable bonds is 25. The van der Waals surface area contributed by atoms with Crippen molar-refractivity contribution >= 4 is 65.7 Å². The topological polar surface area (TPSA) is 335 Å². The molecule has 0 amide bonds. The van der Waals surface area contributed by atoms with E-state index in [9.17, 15) is 43.2 Å². The van der Waals surface area contributed by atoms with Crippen molar-refractivity contribution in [2.24, 2.45) is 0 Å². The largest absolute Gasteiger partial charge is 0.463 e. The lowest BCUT2D eigenvalue weighted by atomic mass is 9.94. The van der Waals surface area contributed by atoms with Crippen LogP contribution in [-0.2, 0) is 95.0 Å². The zero-order valence-electron chi connectivity index (χ0n) is 55.0. The van der Waals surface area contributed by atoms with Crippen molar-refractivity contribution < 1.29 is 129 Å². The molecule has 0 unspecified atom stereocenters. The maximum Gasteiger partial charge on any atom is 0.338 e. The molecule has 27 heteroatoms. The van der Waals surface area contributed by atoms with Crippen LogP contribution < -0.4 is 0 Å². The van der Waals surface area contributed by atoms with Gasteiger partial charge in [-0.2, -0.15) is 0 Å². The van der Waals surface area contributed by atoms with Crippen LogP contribution >= 0.6 is 0 Å². The van der Waals surface area contributed by atoms with E-state index in [1.54, 1.807) is 54.6 Å². The molecule has 7 aromatic carbocycles. The van der Waals surface area contributed by atoms with Crippen LogP contribution in [0.25, 0.3) is 0 Å². The molecule has 0 spiro atoms. The smallest absolute Gasteiger partial charge is 0.338 e. The Morgan fingerprint density at radius 2 is 0.471 bits per heavy atom. The molecule has 3 aliphatic rings. The van der Waals surface area contributed by atoms with Crippen molar-refractivity contribution in [1.82, 2.24) is 0 Å². The van der Waals surface area contributed by atoms with Crippen LogP contribution in [0.4, 0.5) is 0 Å². The number of benzene rings is 7. The molecule has 3 fully saturated rings. The number of hydrogen-bond acceptors (Lipinski definition) is 27. The number of hydrogen-bond donors (Lipinski definition) is 0. The lowest BCUT2D eigenvalue weighted by Gasteiger charge is -2.50. The van der Waals surface area contributed by atoms with Crippen LogP contribution in [-0.4, -0.2) is 178 Å². The SMILES string of the molecule is CC(=O)OC[C@H]1O[C@H](OC(C)=O)[C@H](OC(C)=O)[C@@H](O[C@@H]2O[C@H](COC(=O)c3ccccc3)[C@@H](O[C@@H]3O[C@H](COC(=O)c4ccccc4)[C@H](OC(=O)c4ccccc4)[C@H](OC(=O)c4ccccc4)[C@H]3OC(=O)c3ccccc3)[C@H](OC(=O)c3ccccc3)[C@H]2OC(=O)c2ccccc2)[C@@H]1OC(C)=O. The lowest BCUT2D eigenvalue weighted by Crippen LogP contribution is -2.69. The first-order chi connectivity index (χ1) is 49.3. The molecule has 15 atom stereocenters. The summed E-state index contributed by atoms with van der Waals surface area (Å²) in [6.45, 7) is 1.37. The monoisotopic (exact) mass is 1400 g/mol. The van der Waals surface area contributed by atoms with Crippen molar-refractivity contribution in [2.75, 3.05) is 19.8 Å². The molecule has 27 nitrogen and oxygen atoms in total. The van der Waals surface area contributed by atoms with Gasteiger partial charge in [0.15, 0.2) is 55.3 Å². The first-order valence-electron chi connectivity index (χ1n) is 31.9. The minimum Gasteiger partial charge on any atom is -0.463 e. The first kappa shape index (κ1) is 73.2. The summed E-state index contributed by atoms with van der Waals surface area (Å²) in [4.78, 5) is 155. The third-order valence-corrected chi connectivity index (χ3v) is 15.7. The third-order valence-electron chi connectivity index (χ3n) is 15.7. The minimum atomic E-state index is -2.30. The summed E-state index contributed by atoms with van der Waals surface area (Å²) in [6.07, 6.45) is -30.8. The van der Waals surface area contributed by atoms with Gasteiger partial charge in [-0.15, -0.1) is 0 Å². The molecule has 530 valence electrons. The van der Waals surface area contributed by atoms with Crippen LogP contribution in [0.15, 0.2) is 212 Å². The summed E-state index contributed by atoms with van der Waals surface area (Å²) in [7, 11) is 0. The Morgan fingerprint density at radius 3 is 0.794 bits per heavy atom. The van der Waals surface area contributed by atoms with Crippen molar-refractivity contribution in [1.29, 1.82) is 0 Å². The van der Waals surface area contributed by atoms with Crippen molar-refractivity contribution in [3.05, 3.63) is 251 Å². The number of esters is 11. The average molecular weight is 1400 g/mol. The van der Waals surface area contributed by atoms with Gasteiger partial charge in [-0.05, 0) is 84.9 Å². The standard InChI is InChI=1S/C75H68O27/c1-43(76)87-40-54-57(90-44(2)77)62(63(91-45(3)78)73(93-54)92-46(4)79)102-75-65(100-72(86)53-38-24-11-25-39-53)61(98-70(84)51-34-20-9-21-35-51)59(56(95-75)42-89-67(81)48-28-14-6-15-29-48)101-74-64(99-71(85)52-36-22-10-23-37-52)60(97-69(83)50-32-18-8-19-33-50)58(96-68(82)49-30-16-7-17-31-49)55(94-74)41-88-66(80)47-26-12-5-13-27-47/h5-39,54-65,73-75H,40-42H2,1-4H3/t54-,55-,56-,57-,58+,59-,60+,61+,62+,63-,64-,65-,73+,74+,75+/m1/s1. The first-order valence-corrected chi connectivity index (χ1v) is 31.9. The van der Waals surface area contributed by atoms with E-state index in [0.717, 1.165) is 27.7 Å². The van der Waals surface area contributed by atoms with Gasteiger partial charge >= 0.3 is 65.7 Å². The van der Waals surface area contributed by atoms with Crippen LogP contribution in [0.1, 0.15) is 100 Å². The molecule has 0 radical (unpaired) electrons. The van der Waals surface area contributed by atoms with E-state index >= 15 is 9.59 Å². The molecule has 0 saturated carbocycles. The maximum atomic E-state index is 15.2. The minimum absolute atomic E-state index is 0.0122. The summed E-state index contributed by atoms with van der Waals surface area (Å²) < 4.78 is 100. The van der Waals surface area contributed by atoms with Gasteiger partial charge in [-0.3, -0.25) is 19.2 Å². The van der Waals surface area contributed by atoms with Gasteiger partial charge in [0.25, 0.3) is 0 Å². The van der Waals surface area contributed by atoms with E-state index in [2.05, 4.69) is 0 Å². The fourth-order valence-electron chi connectivity index (χ4n) is 11.1. The average Bonchev–Trinajstić information content (AvgIpc) is 0.783. The van der Waals surface area contributed by atoms with E-state index < -0.39 is 178 Å². The van der Waals surface area contributed by atoms with Gasteiger partial charge in [0.05, 0.1) is 38.9 Å². The molecular weight excluding hydrogens is 1330 g/mol. The van der Waals surface area contributed by atoms with Gasteiger partial charge in [0.2, 0.25) is 6.29 Å². The van der Waals surface area contributed by atoms with E-state index in [-0.39, 0.29) is 38.9 Å². The van der Waals surface area contributed by atoms with Crippen molar-refractivity contribution in [3.8, 4) is 0 Å². The van der Waals surface area contributed by atoms with Crippen LogP contribution in [0.2, 0.25) is 0 Å². The summed E-state index contributed by atoms with van der Waals surface area (Å²) in [5.41, 5.74) is -0.473. The molecule has 0 aromatic heterocycles. The van der Waals surface area contributed by atoms with Crippen molar-refractivity contribution in [3.63, 3.8) is 0 Å². The molecule has 102 heavy (non-hydrogen) atoms. The molecule has 0 aliphatic carbocycles. The zero-order chi connectivity index (χ0) is 72.2. The molecule has 10 rings (SSSR count). The normalized spacial score (nSPS) is 24.3. The molecule has 3 aliphatic heterocycles. The predicted octanol–water partition coefficient (Wildman–Crippen LogP) is 7.76. The molecule has 3 heterocycles. The Kier molecular flexibility index (Phi) is 25.1. The Balaban J connectivity index is 1.19. The Labute approximate surface area is 582 Å². The fraction of sp³-hybridized carbons (Fsp3) is 0.293. The summed E-state index contributed by atoms with van der Waals surface area (Å²) in [5.74, 6) is -11.6. The molecule has 0 bridgehead atoms. The van der Waals surface area contributed by atoms with Crippen LogP contribution in [0.3, 0.4) is 0 Å². The second-order valence-corrected chi connectivity index (χ2v) is 23.0. The summed E-state index contributed by atoms with van der Waals surface area (Å²) in [5, 5.41) is 0. The predicted molar refractivity (Wildman–Crippen MR) is 347 cm³/mol. The van der Waals surface area contributed by atoms with E-state index in [4.69, 9.17) is 75.8 Å². The highest BCUT2D eigenvalue weighted by Crippen LogP contribution is 2.40. The Bertz CT molecular complexity index is 4040. The number of carbonyl (C=O) groups excluding carboxylic acids is 11. The summed E-state index contributed by atoms with van der Waals surface area (Å²) in [6, 6.07) is 52.1. The van der Waals surface area contributed by atoms with Gasteiger partial charge in [-0.1, -0.05) is 127 Å². The molecular formula is C75H68O27. The van der Waals surface area contributed by atoms with Gasteiger partial charge in [0.1, 0.15) is 50.3 Å². The van der Waals surface area contributed by atoms with Gasteiger partial charge in [-0.25, -0.2) is 33.6 Å². The summed E-state index contributed by atoms with van der Waals surface area (Å²) >= 11 is 0. The highest BCUT2D eigenvalue weighted by atomic mass is 16.8. The lowest BCUT2D eigenvalue weighted by molar-refractivity contribution is -0.376. The second-order valence-electron chi connectivity index (χ2n) is 23.0. The van der Waals surface area contributed by atoms with E-state index in [1.807, 2.05) is 0 Å². The Morgan fingerprint density at radius 1 is 0.235 bits per heavy atom.